The summed E-state index contributed by atoms with van der Waals surface area (Å²) in [5.74, 6) is 2.63. The van der Waals surface area contributed by atoms with Crippen molar-refractivity contribution in [3.05, 3.63) is 99.5 Å². The van der Waals surface area contributed by atoms with Gasteiger partial charge in [0, 0.05) is 10.8 Å². The minimum absolute atomic E-state index is 0.248. The quantitative estimate of drug-likeness (QED) is 0.211. The number of nitrogens with zero attached hydrogens (tertiary/aromatic N) is 4. The Morgan fingerprint density at radius 3 is 2.49 bits per heavy atom. The van der Waals surface area contributed by atoms with Crippen LogP contribution in [0.5, 0.6) is 5.75 Å². The number of aromatic nitrogens is 3. The van der Waals surface area contributed by atoms with Crippen LogP contribution >= 0.6 is 35.0 Å². The highest BCUT2D eigenvalue weighted by molar-refractivity contribution is 7.98. The van der Waals surface area contributed by atoms with Gasteiger partial charge in [-0.05, 0) is 79.4 Å². The van der Waals surface area contributed by atoms with E-state index in [2.05, 4.69) is 27.2 Å². The van der Waals surface area contributed by atoms with E-state index >= 15 is 0 Å². The molecule has 192 valence electrons. The van der Waals surface area contributed by atoms with Gasteiger partial charge in [-0.15, -0.1) is 10.2 Å². The van der Waals surface area contributed by atoms with Crippen LogP contribution in [-0.2, 0) is 12.3 Å². The third kappa shape index (κ3) is 6.12. The lowest BCUT2D eigenvalue weighted by Crippen LogP contribution is -2.33. The van der Waals surface area contributed by atoms with Gasteiger partial charge in [0.15, 0.2) is 11.0 Å². The van der Waals surface area contributed by atoms with Crippen molar-refractivity contribution < 1.29 is 9.13 Å². The molecule has 0 N–H and O–H groups in total. The number of rotatable bonds is 8. The van der Waals surface area contributed by atoms with E-state index in [4.69, 9.17) is 27.9 Å². The second-order valence-corrected chi connectivity index (χ2v) is 10.8. The highest BCUT2D eigenvalue weighted by Crippen LogP contribution is 2.35. The van der Waals surface area contributed by atoms with Crippen LogP contribution in [-0.4, -0.2) is 39.9 Å². The molecule has 5 rings (SSSR count). The summed E-state index contributed by atoms with van der Waals surface area (Å²) < 4.78 is 20.9. The maximum atomic E-state index is 13.3. The Hall–Kier alpha value is -2.58. The van der Waals surface area contributed by atoms with Crippen molar-refractivity contribution in [2.24, 2.45) is 0 Å². The number of hydrogen-bond donors (Lipinski definition) is 0. The third-order valence-electron chi connectivity index (χ3n) is 6.66. The van der Waals surface area contributed by atoms with Gasteiger partial charge in [0.25, 0.3) is 0 Å². The van der Waals surface area contributed by atoms with Crippen molar-refractivity contribution >= 4 is 35.0 Å². The minimum Gasteiger partial charge on any atom is -0.496 e. The van der Waals surface area contributed by atoms with Gasteiger partial charge in [-0.3, -0.25) is 9.47 Å². The molecule has 9 heteroatoms. The molecule has 0 saturated carbocycles. The highest BCUT2D eigenvalue weighted by atomic mass is 35.5. The van der Waals surface area contributed by atoms with E-state index in [1.54, 1.807) is 37.1 Å². The normalized spacial score (nSPS) is 14.7. The lowest BCUT2D eigenvalue weighted by Gasteiger charge is -2.32. The third-order valence-corrected chi connectivity index (χ3v) is 8.20. The number of likely N-dealkylation sites (tertiary alicyclic amines) is 1. The number of methoxy groups -OCH3 is 1. The van der Waals surface area contributed by atoms with Gasteiger partial charge in [0.1, 0.15) is 11.6 Å². The highest BCUT2D eigenvalue weighted by Gasteiger charge is 2.25. The lowest BCUT2D eigenvalue weighted by molar-refractivity contribution is 0.197. The Labute approximate surface area is 230 Å². The summed E-state index contributed by atoms with van der Waals surface area (Å²) in [5, 5.41) is 10.9. The molecule has 0 bridgehead atoms. The number of para-hydroxylation sites is 1. The van der Waals surface area contributed by atoms with Crippen molar-refractivity contribution in [3.8, 4) is 11.4 Å². The van der Waals surface area contributed by atoms with Gasteiger partial charge in [0.2, 0.25) is 0 Å². The van der Waals surface area contributed by atoms with E-state index in [-0.39, 0.29) is 5.82 Å². The fourth-order valence-corrected chi connectivity index (χ4v) is 6.15. The second kappa shape index (κ2) is 11.9. The van der Waals surface area contributed by atoms with Gasteiger partial charge in [-0.1, -0.05) is 65.3 Å². The predicted molar refractivity (Wildman–Crippen MR) is 148 cm³/mol. The first-order chi connectivity index (χ1) is 18.0. The molecule has 4 aromatic rings. The topological polar surface area (TPSA) is 43.2 Å². The van der Waals surface area contributed by atoms with Crippen molar-refractivity contribution in [2.75, 3.05) is 20.2 Å². The van der Waals surface area contributed by atoms with E-state index in [1.807, 2.05) is 28.8 Å². The van der Waals surface area contributed by atoms with Crippen LogP contribution < -0.4 is 4.74 Å². The van der Waals surface area contributed by atoms with Gasteiger partial charge in [-0.2, -0.15) is 0 Å². The van der Waals surface area contributed by atoms with Crippen LogP contribution in [0.15, 0.2) is 71.9 Å². The molecule has 1 aromatic heterocycles. The molecule has 0 amide bonds. The van der Waals surface area contributed by atoms with Crippen LogP contribution in [0.4, 0.5) is 4.39 Å². The van der Waals surface area contributed by atoms with Crippen molar-refractivity contribution in [1.29, 1.82) is 0 Å². The molecule has 1 aliphatic rings. The second-order valence-electron chi connectivity index (χ2n) is 9.04. The van der Waals surface area contributed by atoms with Crippen LogP contribution in [0.1, 0.15) is 35.7 Å². The van der Waals surface area contributed by atoms with Crippen LogP contribution in [0, 0.1) is 5.82 Å². The summed E-state index contributed by atoms with van der Waals surface area (Å²) in [5.41, 5.74) is 3.07. The van der Waals surface area contributed by atoms with Crippen molar-refractivity contribution in [2.45, 2.75) is 36.2 Å². The number of thioether (sulfide) groups is 1. The number of hydrogen-bond acceptors (Lipinski definition) is 5. The van der Waals surface area contributed by atoms with Crippen LogP contribution in [0.2, 0.25) is 10.0 Å². The molecule has 5 nitrogen and oxygen atoms in total. The molecule has 0 spiro atoms. The molecule has 0 atom stereocenters. The summed E-state index contributed by atoms with van der Waals surface area (Å²) in [6.45, 7) is 2.55. The van der Waals surface area contributed by atoms with Crippen LogP contribution in [0.25, 0.3) is 5.69 Å². The first-order valence-electron chi connectivity index (χ1n) is 12.1. The minimum atomic E-state index is -0.248. The Balaban J connectivity index is 1.35. The summed E-state index contributed by atoms with van der Waals surface area (Å²) in [6.07, 6.45) is 2.09. The smallest absolute Gasteiger partial charge is 0.196 e. The summed E-state index contributed by atoms with van der Waals surface area (Å²) >= 11 is 14.3. The fourth-order valence-electron chi connectivity index (χ4n) is 4.74. The molecule has 3 aromatic carbocycles. The zero-order chi connectivity index (χ0) is 25.8. The first kappa shape index (κ1) is 26.0. The first-order valence-corrected chi connectivity index (χ1v) is 13.9. The Morgan fingerprint density at radius 1 is 1.00 bits per heavy atom. The average molecular weight is 558 g/mol. The van der Waals surface area contributed by atoms with Gasteiger partial charge >= 0.3 is 0 Å². The fraction of sp³-hybridized carbons (Fsp3) is 0.286. The molecule has 2 heterocycles. The van der Waals surface area contributed by atoms with Gasteiger partial charge < -0.3 is 4.74 Å². The van der Waals surface area contributed by atoms with Gasteiger partial charge in [0.05, 0.1) is 24.4 Å². The maximum absolute atomic E-state index is 13.3. The predicted octanol–water partition coefficient (Wildman–Crippen LogP) is 7.39. The maximum Gasteiger partial charge on any atom is 0.196 e. The number of piperidine rings is 1. The zero-order valence-electron chi connectivity index (χ0n) is 20.4. The Bertz CT molecular complexity index is 1360. The summed E-state index contributed by atoms with van der Waals surface area (Å²) in [6, 6.07) is 20.2. The summed E-state index contributed by atoms with van der Waals surface area (Å²) in [7, 11) is 1.73. The molecule has 1 aliphatic heterocycles. The molecule has 0 radical (unpaired) electrons. The zero-order valence-corrected chi connectivity index (χ0v) is 22.7. The molecular weight excluding hydrogens is 530 g/mol. The molecule has 37 heavy (non-hydrogen) atoms. The standard InChI is InChI=1S/C28H27Cl2FN4OS/c1-36-26-5-3-2-4-23(26)20-12-14-34(15-13-20)17-27-32-33-28(37-18-19-6-9-22(31)10-7-19)35(27)25-11-8-21(29)16-24(25)30/h2-11,16,20H,12-15,17-18H2,1H3. The summed E-state index contributed by atoms with van der Waals surface area (Å²) in [4.78, 5) is 2.41. The van der Waals surface area contributed by atoms with Crippen LogP contribution in [0.3, 0.4) is 0 Å². The number of halogens is 3. The SMILES string of the molecule is COc1ccccc1C1CCN(Cc2nnc(SCc3ccc(F)cc3)n2-c2ccc(Cl)cc2Cl)CC1. The Kier molecular flexibility index (Phi) is 8.35. The largest absolute Gasteiger partial charge is 0.496 e. The number of benzene rings is 3. The number of ether oxygens (including phenoxy) is 1. The van der Waals surface area contributed by atoms with Crippen molar-refractivity contribution in [3.63, 3.8) is 0 Å². The van der Waals surface area contributed by atoms with E-state index in [0.29, 0.717) is 28.3 Å². The van der Waals surface area contributed by atoms with E-state index in [0.717, 1.165) is 53.9 Å². The van der Waals surface area contributed by atoms with Gasteiger partial charge in [-0.25, -0.2) is 4.39 Å². The molecule has 0 unspecified atom stereocenters. The lowest BCUT2D eigenvalue weighted by atomic mass is 9.89. The van der Waals surface area contributed by atoms with E-state index in [1.165, 1.54) is 17.7 Å². The molecule has 1 saturated heterocycles. The van der Waals surface area contributed by atoms with Crippen molar-refractivity contribution in [1.82, 2.24) is 19.7 Å². The molecule has 0 aliphatic carbocycles. The molecule has 1 fully saturated rings. The Morgan fingerprint density at radius 2 is 1.76 bits per heavy atom. The van der Waals surface area contributed by atoms with E-state index in [9.17, 15) is 4.39 Å². The molecular formula is C28H27Cl2FN4OS. The average Bonchev–Trinajstić information content (AvgIpc) is 3.30. The monoisotopic (exact) mass is 556 g/mol. The van der Waals surface area contributed by atoms with E-state index < -0.39 is 0 Å².